The van der Waals surface area contributed by atoms with Crippen molar-refractivity contribution in [3.63, 3.8) is 0 Å². The van der Waals surface area contributed by atoms with E-state index in [1.54, 1.807) is 25.1 Å². The summed E-state index contributed by atoms with van der Waals surface area (Å²) in [6.45, 7) is 0. The monoisotopic (exact) mass is 361 g/mol. The molecule has 7 heteroatoms. The first kappa shape index (κ1) is 15.9. The molecule has 2 aromatic rings. The molecule has 3 heterocycles. The lowest BCUT2D eigenvalue weighted by atomic mass is 9.95. The van der Waals surface area contributed by atoms with Crippen molar-refractivity contribution in [2.45, 2.75) is 46.6 Å². The summed E-state index contributed by atoms with van der Waals surface area (Å²) >= 11 is 3.08. The van der Waals surface area contributed by atoms with Gasteiger partial charge in [-0.2, -0.15) is 0 Å². The van der Waals surface area contributed by atoms with E-state index in [1.807, 2.05) is 24.3 Å². The van der Waals surface area contributed by atoms with Crippen LogP contribution in [0.3, 0.4) is 0 Å². The second-order valence-electron chi connectivity index (χ2n) is 6.14. The van der Waals surface area contributed by atoms with Crippen LogP contribution in [0, 0.1) is 0 Å². The number of hydrogen-bond acceptors (Lipinski definition) is 6. The Morgan fingerprint density at radius 3 is 2.83 bits per heavy atom. The number of methoxy groups -OCH3 is 1. The highest BCUT2D eigenvalue weighted by atomic mass is 32.2. The quantitative estimate of drug-likeness (QED) is 0.857. The van der Waals surface area contributed by atoms with E-state index in [-0.39, 0.29) is 11.9 Å². The molecule has 2 bridgehead atoms. The van der Waals surface area contributed by atoms with Crippen LogP contribution in [0.25, 0.3) is 0 Å². The molecule has 0 spiro atoms. The third kappa shape index (κ3) is 3.29. The zero-order chi connectivity index (χ0) is 16.5. The average Bonchev–Trinajstić information content (AvgIpc) is 3.32. The highest BCUT2D eigenvalue weighted by Gasteiger charge is 2.39. The van der Waals surface area contributed by atoms with Gasteiger partial charge in [-0.15, -0.1) is 0 Å². The van der Waals surface area contributed by atoms with Gasteiger partial charge in [0.25, 0.3) is 5.91 Å². The van der Waals surface area contributed by atoms with Crippen LogP contribution in [0.1, 0.15) is 29.6 Å². The minimum atomic E-state index is 0.0156. The molecular weight excluding hydrogens is 342 g/mol. The van der Waals surface area contributed by atoms with Crippen LogP contribution >= 0.6 is 23.1 Å². The van der Waals surface area contributed by atoms with Crippen LogP contribution in [-0.4, -0.2) is 36.1 Å². The molecule has 5 nitrogen and oxygen atoms in total. The lowest BCUT2D eigenvalue weighted by Crippen LogP contribution is -2.42. The Labute approximate surface area is 149 Å². The molecule has 1 amide bonds. The summed E-state index contributed by atoms with van der Waals surface area (Å²) in [5, 5.41) is 7.51. The molecule has 4 rings (SSSR count). The van der Waals surface area contributed by atoms with E-state index in [9.17, 15) is 4.79 Å². The van der Waals surface area contributed by atoms with E-state index in [0.717, 1.165) is 20.7 Å². The fraction of sp³-hybridized carbons (Fsp3) is 0.412. The lowest BCUT2D eigenvalue weighted by molar-refractivity contribution is 0.0931. The van der Waals surface area contributed by atoms with Crippen LogP contribution in [-0.2, 0) is 0 Å². The van der Waals surface area contributed by atoms with Gasteiger partial charge in [0.2, 0.25) is 0 Å². The van der Waals surface area contributed by atoms with E-state index in [4.69, 9.17) is 4.74 Å². The van der Waals surface area contributed by atoms with Crippen LogP contribution in [0.5, 0.6) is 5.06 Å². The Bertz CT molecular complexity index is 732. The number of amides is 1. The van der Waals surface area contributed by atoms with E-state index in [0.29, 0.717) is 17.6 Å². The molecule has 1 aromatic carbocycles. The van der Waals surface area contributed by atoms with Gasteiger partial charge < -0.3 is 15.4 Å². The summed E-state index contributed by atoms with van der Waals surface area (Å²) in [7, 11) is 1.64. The van der Waals surface area contributed by atoms with E-state index >= 15 is 0 Å². The largest absolute Gasteiger partial charge is 0.486 e. The fourth-order valence-electron chi connectivity index (χ4n) is 3.40. The molecule has 1 aromatic heterocycles. The van der Waals surface area contributed by atoms with Crippen molar-refractivity contribution in [3.8, 4) is 5.06 Å². The molecule has 0 aliphatic carbocycles. The van der Waals surface area contributed by atoms with Crippen molar-refractivity contribution in [2.75, 3.05) is 7.11 Å². The summed E-state index contributed by atoms with van der Waals surface area (Å²) in [4.78, 5) is 17.8. The predicted octanol–water partition coefficient (Wildman–Crippen LogP) is 2.93. The minimum Gasteiger partial charge on any atom is -0.486 e. The van der Waals surface area contributed by atoms with Crippen LogP contribution in [0.15, 0.2) is 39.7 Å². The van der Waals surface area contributed by atoms with Crippen molar-refractivity contribution in [1.29, 1.82) is 0 Å². The Kier molecular flexibility index (Phi) is 4.47. The lowest BCUT2D eigenvalue weighted by Gasteiger charge is -2.21. The molecule has 2 saturated heterocycles. The molecule has 3 unspecified atom stereocenters. The molecular formula is C17H19N3O2S2. The smallest absolute Gasteiger partial charge is 0.251 e. The highest BCUT2D eigenvalue weighted by Crippen LogP contribution is 2.34. The number of ether oxygens (including phenoxy) is 1. The Morgan fingerprint density at radius 1 is 1.38 bits per heavy atom. The summed E-state index contributed by atoms with van der Waals surface area (Å²) in [6.07, 6.45) is 5.18. The molecule has 3 atom stereocenters. The van der Waals surface area contributed by atoms with Crippen LogP contribution < -0.4 is 15.4 Å². The standard InChI is InChI=1S/C17H19N3O2S2/c1-22-15-9-18-17(24-15)23-12-5-2-10(3-6-12)16(21)20-14-8-11-4-7-13(14)19-11/h2-3,5-6,9,11,13-14,19H,4,7-8H2,1H3,(H,20,21). The van der Waals surface area contributed by atoms with Gasteiger partial charge in [0.15, 0.2) is 9.40 Å². The molecule has 24 heavy (non-hydrogen) atoms. The van der Waals surface area contributed by atoms with Crippen molar-refractivity contribution < 1.29 is 9.53 Å². The number of carbonyl (C=O) groups excluding carboxylic acids is 1. The maximum absolute atomic E-state index is 12.4. The average molecular weight is 361 g/mol. The van der Waals surface area contributed by atoms with Gasteiger partial charge in [-0.05, 0) is 43.5 Å². The van der Waals surface area contributed by atoms with Gasteiger partial charge in [0, 0.05) is 28.6 Å². The number of rotatable bonds is 5. The van der Waals surface area contributed by atoms with Crippen LogP contribution in [0.2, 0.25) is 0 Å². The summed E-state index contributed by atoms with van der Waals surface area (Å²) in [5.41, 5.74) is 0.707. The molecule has 2 aliphatic rings. The van der Waals surface area contributed by atoms with Gasteiger partial charge in [-0.25, -0.2) is 4.98 Å². The third-order valence-electron chi connectivity index (χ3n) is 4.60. The van der Waals surface area contributed by atoms with E-state index < -0.39 is 0 Å². The van der Waals surface area contributed by atoms with Gasteiger partial charge in [0.05, 0.1) is 13.3 Å². The summed E-state index contributed by atoms with van der Waals surface area (Å²) in [5.74, 6) is 0.0156. The Morgan fingerprint density at radius 2 is 2.21 bits per heavy atom. The molecule has 2 fully saturated rings. The molecule has 2 N–H and O–H groups in total. The molecule has 0 radical (unpaired) electrons. The zero-order valence-electron chi connectivity index (χ0n) is 13.3. The first-order valence-corrected chi connectivity index (χ1v) is 9.69. The van der Waals surface area contributed by atoms with Gasteiger partial charge in [0.1, 0.15) is 0 Å². The van der Waals surface area contributed by atoms with Gasteiger partial charge in [-0.1, -0.05) is 23.1 Å². The number of thiazole rings is 1. The molecule has 0 saturated carbocycles. The zero-order valence-corrected chi connectivity index (χ0v) is 15.0. The number of carbonyl (C=O) groups is 1. The number of aromatic nitrogens is 1. The van der Waals surface area contributed by atoms with Crippen LogP contribution in [0.4, 0.5) is 0 Å². The second-order valence-corrected chi connectivity index (χ2v) is 8.45. The molecule has 2 aliphatic heterocycles. The Hall–Kier alpha value is -1.57. The molecule has 126 valence electrons. The third-order valence-corrected chi connectivity index (χ3v) is 6.64. The van der Waals surface area contributed by atoms with E-state index in [1.165, 1.54) is 24.2 Å². The number of nitrogens with zero attached hydrogens (tertiary/aromatic N) is 1. The summed E-state index contributed by atoms with van der Waals surface area (Å²) in [6, 6.07) is 9.00. The first-order chi connectivity index (χ1) is 11.7. The normalized spacial score (nSPS) is 25.0. The predicted molar refractivity (Wildman–Crippen MR) is 95.0 cm³/mol. The van der Waals surface area contributed by atoms with Gasteiger partial charge in [-0.3, -0.25) is 4.79 Å². The second kappa shape index (κ2) is 6.74. The number of benzene rings is 1. The number of hydrogen-bond donors (Lipinski definition) is 2. The Balaban J connectivity index is 1.37. The van der Waals surface area contributed by atoms with Crippen molar-refractivity contribution in [2.24, 2.45) is 0 Å². The summed E-state index contributed by atoms with van der Waals surface area (Å²) < 4.78 is 6.08. The number of fused-ring (bicyclic) bond motifs is 2. The highest BCUT2D eigenvalue weighted by molar-refractivity contribution is 8.01. The fourth-order valence-corrected chi connectivity index (χ4v) is 5.14. The SMILES string of the molecule is COc1cnc(Sc2ccc(C(=O)NC3CC4CCC3N4)cc2)s1. The van der Waals surface area contributed by atoms with Gasteiger partial charge >= 0.3 is 0 Å². The van der Waals surface area contributed by atoms with Crippen molar-refractivity contribution in [3.05, 3.63) is 36.0 Å². The maximum atomic E-state index is 12.4. The maximum Gasteiger partial charge on any atom is 0.251 e. The minimum absolute atomic E-state index is 0.0156. The van der Waals surface area contributed by atoms with Crippen molar-refractivity contribution in [1.82, 2.24) is 15.6 Å². The number of nitrogens with one attached hydrogen (secondary N) is 2. The topological polar surface area (TPSA) is 63.2 Å². The van der Waals surface area contributed by atoms with E-state index in [2.05, 4.69) is 15.6 Å². The van der Waals surface area contributed by atoms with Crippen molar-refractivity contribution >= 4 is 29.0 Å². The first-order valence-electron chi connectivity index (χ1n) is 8.06.